The first-order chi connectivity index (χ1) is 20.1. The van der Waals surface area contributed by atoms with Crippen LogP contribution in [0.3, 0.4) is 0 Å². The Balaban J connectivity index is 1.57. The van der Waals surface area contributed by atoms with Crippen LogP contribution in [0.4, 0.5) is 0 Å². The summed E-state index contributed by atoms with van der Waals surface area (Å²) in [5.74, 6) is -0.793. The third kappa shape index (κ3) is 6.24. The largest absolute Gasteiger partial charge is 0.451 e. The number of aryl methyl sites for hydroxylation is 3. The van der Waals surface area contributed by atoms with Crippen molar-refractivity contribution in [2.75, 3.05) is 6.61 Å². The van der Waals surface area contributed by atoms with Gasteiger partial charge in [0, 0.05) is 6.42 Å². The van der Waals surface area contributed by atoms with Gasteiger partial charge in [0.25, 0.3) is 15.6 Å². The van der Waals surface area contributed by atoms with Crippen molar-refractivity contribution in [1.82, 2.24) is 0 Å². The van der Waals surface area contributed by atoms with E-state index in [1.54, 1.807) is 26.0 Å². The summed E-state index contributed by atoms with van der Waals surface area (Å²) in [6, 6.07) is 33.1. The van der Waals surface area contributed by atoms with Gasteiger partial charge in [-0.05, 0) is 55.0 Å². The third-order valence-electron chi connectivity index (χ3n) is 7.20. The zero-order valence-corrected chi connectivity index (χ0v) is 24.9. The Morgan fingerprint density at radius 1 is 0.786 bits per heavy atom. The number of Topliss-reactive ketones (excluding diaryl/α,β-unsaturated/α-hetero) is 1. The summed E-state index contributed by atoms with van der Waals surface area (Å²) in [5, 5.41) is -0.876. The van der Waals surface area contributed by atoms with Gasteiger partial charge in [0.05, 0.1) is 11.5 Å². The van der Waals surface area contributed by atoms with Crippen LogP contribution in [0.15, 0.2) is 120 Å². The molecule has 0 amide bonds. The maximum atomic E-state index is 13.4. The van der Waals surface area contributed by atoms with Crippen LogP contribution in [-0.2, 0) is 25.0 Å². The van der Waals surface area contributed by atoms with Crippen LogP contribution >= 0.6 is 0 Å². The summed E-state index contributed by atoms with van der Waals surface area (Å²) in [4.78, 5) is 16.0. The van der Waals surface area contributed by atoms with E-state index in [1.165, 1.54) is 0 Å². The van der Waals surface area contributed by atoms with E-state index >= 15 is 0 Å². The summed E-state index contributed by atoms with van der Waals surface area (Å²) in [7, 11) is -4.33. The third-order valence-corrected chi connectivity index (χ3v) is 9.20. The number of carbonyl (C=O) groups is 1. The first-order valence-electron chi connectivity index (χ1n) is 13.7. The summed E-state index contributed by atoms with van der Waals surface area (Å²) >= 11 is 0. The molecule has 7 heteroatoms. The fourth-order valence-corrected chi connectivity index (χ4v) is 7.06. The van der Waals surface area contributed by atoms with Crippen molar-refractivity contribution >= 4 is 20.7 Å². The molecule has 0 unspecified atom stereocenters. The summed E-state index contributed by atoms with van der Waals surface area (Å²) in [6.45, 7) is 9.40. The average molecular weight is 579 g/mol. The van der Waals surface area contributed by atoms with Crippen molar-refractivity contribution in [3.05, 3.63) is 154 Å². The Hall–Kier alpha value is -4.42. The van der Waals surface area contributed by atoms with Crippen LogP contribution in [0, 0.1) is 20.8 Å². The fourth-order valence-electron chi connectivity index (χ4n) is 5.40. The van der Waals surface area contributed by atoms with Gasteiger partial charge in [-0.2, -0.15) is 0 Å². The Bertz CT molecular complexity index is 1620. The fraction of sp³-hybridized carbons (Fsp3) is 0.200. The lowest BCUT2D eigenvalue weighted by Crippen LogP contribution is -2.33. The van der Waals surface area contributed by atoms with Gasteiger partial charge in [0.2, 0.25) is 0 Å². The van der Waals surface area contributed by atoms with E-state index in [1.807, 2.05) is 97.9 Å². The van der Waals surface area contributed by atoms with Gasteiger partial charge < -0.3 is 10.3 Å². The second-order valence-electron chi connectivity index (χ2n) is 10.4. The minimum atomic E-state index is -4.33. The second-order valence-corrected chi connectivity index (χ2v) is 12.2. The molecule has 0 heterocycles. The molecule has 0 radical (unpaired) electrons. The van der Waals surface area contributed by atoms with Gasteiger partial charge in [-0.25, -0.2) is 8.42 Å². The number of hydrogen-bond acceptors (Lipinski definition) is 4. The highest BCUT2D eigenvalue weighted by molar-refractivity contribution is 8.08. The van der Waals surface area contributed by atoms with Gasteiger partial charge in [-0.15, -0.1) is 4.79 Å². The maximum Gasteiger partial charge on any atom is 0.451 e. The molecule has 0 aromatic heterocycles. The van der Waals surface area contributed by atoms with Gasteiger partial charge in [0.1, 0.15) is 5.60 Å². The zero-order valence-electron chi connectivity index (χ0n) is 24.1. The first kappa shape index (κ1) is 30.5. The smallest absolute Gasteiger partial charge is 0.360 e. The monoisotopic (exact) mass is 578 g/mol. The highest BCUT2D eigenvalue weighted by atomic mass is 32.2. The molecular formula is C35H34N2O4S. The number of ether oxygens (including phenoxy) is 1. The molecule has 0 saturated heterocycles. The lowest BCUT2D eigenvalue weighted by Gasteiger charge is -2.36. The van der Waals surface area contributed by atoms with E-state index < -0.39 is 26.3 Å². The van der Waals surface area contributed by atoms with Gasteiger partial charge >= 0.3 is 5.04 Å². The van der Waals surface area contributed by atoms with Crippen molar-refractivity contribution < 1.29 is 22.7 Å². The van der Waals surface area contributed by atoms with Crippen LogP contribution < -0.4 is 0 Å². The summed E-state index contributed by atoms with van der Waals surface area (Å²) in [5.41, 5.74) is 13.9. The molecule has 4 rings (SSSR count). The molecule has 0 spiro atoms. The predicted octanol–water partition coefficient (Wildman–Crippen LogP) is 6.93. The maximum absolute atomic E-state index is 13.4. The first-order valence-corrected chi connectivity index (χ1v) is 15.1. The van der Waals surface area contributed by atoms with Crippen LogP contribution in [0.1, 0.15) is 46.2 Å². The molecule has 4 aromatic rings. The van der Waals surface area contributed by atoms with Crippen molar-refractivity contribution in [3.63, 3.8) is 0 Å². The van der Waals surface area contributed by atoms with Crippen LogP contribution in [0.5, 0.6) is 0 Å². The molecule has 0 aliphatic carbocycles. The summed E-state index contributed by atoms with van der Waals surface area (Å²) < 4.78 is 33.5. The quantitative estimate of drug-likeness (QED) is 0.0481. The molecule has 0 saturated carbocycles. The number of benzene rings is 4. The Kier molecular flexibility index (Phi) is 9.48. The minimum Gasteiger partial charge on any atom is -0.360 e. The zero-order chi connectivity index (χ0) is 30.3. The number of carbonyl (C=O) groups excluding carboxylic acids is 1. The standard InChI is InChI=1S/C35H34N2O4S/c1-25(20-21-32(38)34(37-36)42(39,40)33-27(3)22-26(2)23-28(33)4)24-41-35(29-14-8-5-9-15-29,30-16-10-6-11-17-30)31-18-12-7-13-19-31/h5-19,22-23H,1,20-21,24H2,2-4H3. The molecule has 0 N–H and O–H groups in total. The molecule has 0 atom stereocenters. The van der Waals surface area contributed by atoms with Crippen LogP contribution in [-0.4, -0.2) is 30.6 Å². The predicted molar refractivity (Wildman–Crippen MR) is 165 cm³/mol. The number of nitrogens with zero attached hydrogens (tertiary/aromatic N) is 2. The molecule has 0 fully saturated rings. The van der Waals surface area contributed by atoms with E-state index in [4.69, 9.17) is 4.74 Å². The average Bonchev–Trinajstić information content (AvgIpc) is 2.97. The van der Waals surface area contributed by atoms with E-state index in [-0.39, 0.29) is 24.3 Å². The molecule has 0 aliphatic rings. The van der Waals surface area contributed by atoms with E-state index in [2.05, 4.69) is 11.4 Å². The van der Waals surface area contributed by atoms with Crippen molar-refractivity contribution in [2.45, 2.75) is 44.1 Å². The highest BCUT2D eigenvalue weighted by Gasteiger charge is 2.40. The molecule has 6 nitrogen and oxygen atoms in total. The van der Waals surface area contributed by atoms with Crippen molar-refractivity contribution in [3.8, 4) is 0 Å². The normalized spacial score (nSPS) is 11.5. The van der Waals surface area contributed by atoms with Crippen molar-refractivity contribution in [1.29, 1.82) is 0 Å². The van der Waals surface area contributed by atoms with E-state index in [0.717, 1.165) is 22.3 Å². The highest BCUT2D eigenvalue weighted by Crippen LogP contribution is 2.40. The Morgan fingerprint density at radius 3 is 1.62 bits per heavy atom. The lowest BCUT2D eigenvalue weighted by molar-refractivity contribution is -0.116. The SMILES string of the molecule is C=C(CCC(=O)C(=[N+]=[N-])S(=O)(=O)c1c(C)cc(C)cc1C)COC(c1ccccc1)(c1ccccc1)c1ccccc1. The van der Waals surface area contributed by atoms with E-state index in [9.17, 15) is 18.7 Å². The topological polar surface area (TPSA) is 96.8 Å². The van der Waals surface area contributed by atoms with Crippen molar-refractivity contribution in [2.24, 2.45) is 0 Å². The van der Waals surface area contributed by atoms with E-state index in [0.29, 0.717) is 16.7 Å². The summed E-state index contributed by atoms with van der Waals surface area (Å²) in [6.07, 6.45) is -0.0620. The van der Waals surface area contributed by atoms with Crippen LogP contribution in [0.2, 0.25) is 0 Å². The number of sulfone groups is 1. The van der Waals surface area contributed by atoms with Gasteiger partial charge in [-0.3, -0.25) is 4.79 Å². The minimum absolute atomic E-state index is 0.0187. The number of rotatable bonds is 11. The van der Waals surface area contributed by atoms with Gasteiger partial charge in [-0.1, -0.05) is 121 Å². The molecule has 0 aliphatic heterocycles. The molecule has 4 aromatic carbocycles. The number of hydrogen-bond donors (Lipinski definition) is 0. The van der Waals surface area contributed by atoms with Gasteiger partial charge in [0.15, 0.2) is 0 Å². The molecule has 214 valence electrons. The Morgan fingerprint density at radius 2 is 1.21 bits per heavy atom. The molecular weight excluding hydrogens is 544 g/mol. The van der Waals surface area contributed by atoms with Crippen LogP contribution in [0.25, 0.3) is 5.53 Å². The number of ketones is 1. The lowest BCUT2D eigenvalue weighted by atomic mass is 9.80. The molecule has 0 bridgehead atoms. The molecule has 42 heavy (non-hydrogen) atoms. The Labute approximate surface area is 247 Å². The second kappa shape index (κ2) is 13.0.